The Labute approximate surface area is 142 Å². The van der Waals surface area contributed by atoms with Gasteiger partial charge >= 0.3 is 6.03 Å². The van der Waals surface area contributed by atoms with Crippen molar-refractivity contribution in [3.8, 4) is 11.4 Å². The number of aromatic nitrogens is 3. The number of carbonyl (C=O) groups is 1. The largest absolute Gasteiger partial charge is 0.334 e. The van der Waals surface area contributed by atoms with Gasteiger partial charge in [-0.3, -0.25) is 5.10 Å². The summed E-state index contributed by atoms with van der Waals surface area (Å²) in [7, 11) is 0. The van der Waals surface area contributed by atoms with Gasteiger partial charge in [0.1, 0.15) is 6.33 Å². The minimum Gasteiger partial charge on any atom is -0.334 e. The van der Waals surface area contributed by atoms with Gasteiger partial charge in [0.15, 0.2) is 5.82 Å². The first-order valence-corrected chi connectivity index (χ1v) is 8.57. The minimum absolute atomic E-state index is 0.0313. The van der Waals surface area contributed by atoms with Crippen LogP contribution in [0.1, 0.15) is 39.2 Å². The summed E-state index contributed by atoms with van der Waals surface area (Å²) in [4.78, 5) is 18.8. The third kappa shape index (κ3) is 3.75. The number of benzene rings is 1. The molecule has 1 aromatic heterocycles. The Balaban J connectivity index is 1.64. The summed E-state index contributed by atoms with van der Waals surface area (Å²) in [5, 5.41) is 9.80. The maximum atomic E-state index is 12.6. The van der Waals surface area contributed by atoms with Crippen LogP contribution >= 0.6 is 0 Å². The monoisotopic (exact) mass is 327 g/mol. The standard InChI is InChI=1S/C18H25N5O/c1-12(2)13(3)23(16-7-8-16)18(24)19-10-14-5-4-6-15(9-14)17-20-11-21-22-17/h4-6,9,11-13,16H,7-8,10H2,1-3H3,(H,19,24)(H,20,21,22)/t13-/m0/s1. The van der Waals surface area contributed by atoms with Gasteiger partial charge in [0.05, 0.1) is 0 Å². The van der Waals surface area contributed by atoms with E-state index in [1.807, 2.05) is 29.2 Å². The zero-order chi connectivity index (χ0) is 17.1. The van der Waals surface area contributed by atoms with Crippen LogP contribution in [0, 0.1) is 5.92 Å². The maximum Gasteiger partial charge on any atom is 0.318 e. The molecule has 0 unspecified atom stereocenters. The van der Waals surface area contributed by atoms with E-state index in [0.717, 1.165) is 29.8 Å². The van der Waals surface area contributed by atoms with E-state index in [2.05, 4.69) is 41.3 Å². The number of hydrogen-bond acceptors (Lipinski definition) is 3. The molecule has 0 saturated heterocycles. The van der Waals surface area contributed by atoms with E-state index in [1.165, 1.54) is 6.33 Å². The number of hydrogen-bond donors (Lipinski definition) is 2. The molecule has 6 heteroatoms. The van der Waals surface area contributed by atoms with Crippen molar-refractivity contribution in [3.05, 3.63) is 36.2 Å². The molecule has 1 aromatic carbocycles. The third-order valence-electron chi connectivity index (χ3n) is 4.64. The first-order valence-electron chi connectivity index (χ1n) is 8.57. The molecular formula is C18H25N5O. The number of nitrogens with zero attached hydrogens (tertiary/aromatic N) is 3. The van der Waals surface area contributed by atoms with E-state index < -0.39 is 0 Å². The highest BCUT2D eigenvalue weighted by Crippen LogP contribution is 2.30. The van der Waals surface area contributed by atoms with Crippen molar-refractivity contribution in [1.82, 2.24) is 25.4 Å². The molecule has 6 nitrogen and oxygen atoms in total. The first-order chi connectivity index (χ1) is 11.6. The molecule has 2 aromatic rings. The van der Waals surface area contributed by atoms with Crippen LogP contribution in [0.15, 0.2) is 30.6 Å². The lowest BCUT2D eigenvalue weighted by molar-refractivity contribution is 0.156. The van der Waals surface area contributed by atoms with Crippen LogP contribution in [-0.4, -0.2) is 38.2 Å². The molecule has 1 atom stereocenters. The number of rotatable bonds is 6. The Hall–Kier alpha value is -2.37. The number of carbonyl (C=O) groups excluding carboxylic acids is 1. The molecule has 1 saturated carbocycles. The Kier molecular flexibility index (Phi) is 4.83. The molecule has 0 bridgehead atoms. The molecule has 0 radical (unpaired) electrons. The molecule has 1 aliphatic carbocycles. The first kappa shape index (κ1) is 16.5. The Morgan fingerprint density at radius 2 is 2.17 bits per heavy atom. The number of nitrogens with one attached hydrogen (secondary N) is 2. The minimum atomic E-state index is 0.0313. The van der Waals surface area contributed by atoms with Crippen molar-refractivity contribution < 1.29 is 4.79 Å². The molecule has 2 N–H and O–H groups in total. The number of H-pyrrole nitrogens is 1. The second kappa shape index (κ2) is 7.03. The fourth-order valence-electron chi connectivity index (χ4n) is 2.80. The zero-order valence-electron chi connectivity index (χ0n) is 14.5. The van der Waals surface area contributed by atoms with Crippen LogP contribution in [0.2, 0.25) is 0 Å². The molecule has 0 spiro atoms. The van der Waals surface area contributed by atoms with Gasteiger partial charge in [0.25, 0.3) is 0 Å². The second-order valence-electron chi connectivity index (χ2n) is 6.82. The highest BCUT2D eigenvalue weighted by atomic mass is 16.2. The van der Waals surface area contributed by atoms with Crippen molar-refractivity contribution in [2.75, 3.05) is 0 Å². The summed E-state index contributed by atoms with van der Waals surface area (Å²) in [6.45, 7) is 6.96. The van der Waals surface area contributed by atoms with E-state index >= 15 is 0 Å². The Morgan fingerprint density at radius 3 is 2.79 bits per heavy atom. The lowest BCUT2D eigenvalue weighted by Crippen LogP contribution is -2.48. The van der Waals surface area contributed by atoms with Crippen LogP contribution in [0.4, 0.5) is 4.79 Å². The number of urea groups is 1. The van der Waals surface area contributed by atoms with Crippen molar-refractivity contribution in [3.63, 3.8) is 0 Å². The summed E-state index contributed by atoms with van der Waals surface area (Å²) >= 11 is 0. The number of amides is 2. The highest BCUT2D eigenvalue weighted by molar-refractivity contribution is 5.75. The lowest BCUT2D eigenvalue weighted by Gasteiger charge is -2.32. The van der Waals surface area contributed by atoms with E-state index in [0.29, 0.717) is 18.5 Å². The van der Waals surface area contributed by atoms with Gasteiger partial charge in [-0.2, -0.15) is 5.10 Å². The van der Waals surface area contributed by atoms with Crippen LogP contribution in [-0.2, 0) is 6.54 Å². The van der Waals surface area contributed by atoms with E-state index in [9.17, 15) is 4.79 Å². The lowest BCUT2D eigenvalue weighted by atomic mass is 10.0. The molecular weight excluding hydrogens is 302 g/mol. The van der Waals surface area contributed by atoms with Crippen molar-refractivity contribution >= 4 is 6.03 Å². The van der Waals surface area contributed by atoms with Crippen LogP contribution in [0.25, 0.3) is 11.4 Å². The van der Waals surface area contributed by atoms with E-state index in [4.69, 9.17) is 0 Å². The average molecular weight is 327 g/mol. The van der Waals surface area contributed by atoms with Gasteiger partial charge in [-0.15, -0.1) is 0 Å². The van der Waals surface area contributed by atoms with Crippen molar-refractivity contribution in [2.24, 2.45) is 5.92 Å². The van der Waals surface area contributed by atoms with Gasteiger partial charge in [-0.1, -0.05) is 32.0 Å². The van der Waals surface area contributed by atoms with Gasteiger partial charge in [-0.25, -0.2) is 9.78 Å². The zero-order valence-corrected chi connectivity index (χ0v) is 14.5. The fourth-order valence-corrected chi connectivity index (χ4v) is 2.80. The predicted molar refractivity (Wildman–Crippen MR) is 93.2 cm³/mol. The normalized spacial score (nSPS) is 15.3. The van der Waals surface area contributed by atoms with E-state index in [-0.39, 0.29) is 12.1 Å². The average Bonchev–Trinajstić information content (AvgIpc) is 3.25. The molecule has 3 rings (SSSR count). The predicted octanol–water partition coefficient (Wildman–Crippen LogP) is 3.19. The smallest absolute Gasteiger partial charge is 0.318 e. The van der Waals surface area contributed by atoms with Crippen LogP contribution < -0.4 is 5.32 Å². The molecule has 2 amide bonds. The third-order valence-corrected chi connectivity index (χ3v) is 4.64. The quantitative estimate of drug-likeness (QED) is 0.855. The van der Waals surface area contributed by atoms with Crippen molar-refractivity contribution in [2.45, 2.75) is 52.2 Å². The van der Waals surface area contributed by atoms with Crippen LogP contribution in [0.3, 0.4) is 0 Å². The molecule has 1 aliphatic rings. The molecule has 1 heterocycles. The summed E-state index contributed by atoms with van der Waals surface area (Å²) in [5.41, 5.74) is 2.01. The fraction of sp³-hybridized carbons (Fsp3) is 0.500. The summed E-state index contributed by atoms with van der Waals surface area (Å²) < 4.78 is 0. The van der Waals surface area contributed by atoms with Gasteiger partial charge in [0, 0.05) is 24.2 Å². The molecule has 128 valence electrons. The van der Waals surface area contributed by atoms with E-state index in [1.54, 1.807) is 0 Å². The maximum absolute atomic E-state index is 12.6. The summed E-state index contributed by atoms with van der Waals surface area (Å²) in [5.74, 6) is 1.18. The Bertz CT molecular complexity index is 678. The summed E-state index contributed by atoms with van der Waals surface area (Å²) in [6, 6.07) is 8.66. The van der Waals surface area contributed by atoms with Crippen molar-refractivity contribution in [1.29, 1.82) is 0 Å². The molecule has 0 aliphatic heterocycles. The highest BCUT2D eigenvalue weighted by Gasteiger charge is 2.36. The second-order valence-corrected chi connectivity index (χ2v) is 6.82. The number of aromatic amines is 1. The SMILES string of the molecule is CC(C)[C@H](C)N(C(=O)NCc1cccc(-c2ncn[nH]2)c1)C1CC1. The van der Waals surface area contributed by atoms with Crippen LogP contribution in [0.5, 0.6) is 0 Å². The van der Waals surface area contributed by atoms with Gasteiger partial charge < -0.3 is 10.2 Å². The molecule has 1 fully saturated rings. The summed E-state index contributed by atoms with van der Waals surface area (Å²) in [6.07, 6.45) is 3.72. The van der Waals surface area contributed by atoms with Gasteiger partial charge in [0.2, 0.25) is 0 Å². The van der Waals surface area contributed by atoms with Gasteiger partial charge in [-0.05, 0) is 37.3 Å². The Morgan fingerprint density at radius 1 is 1.38 bits per heavy atom. The topological polar surface area (TPSA) is 73.9 Å². The molecule has 24 heavy (non-hydrogen) atoms.